The summed E-state index contributed by atoms with van der Waals surface area (Å²) in [7, 11) is 2.22. The van der Waals surface area contributed by atoms with Crippen LogP contribution in [0, 0.1) is 0 Å². The summed E-state index contributed by atoms with van der Waals surface area (Å²) in [6, 6.07) is 51.0. The molecular formula is C47H50N4. The molecule has 0 amide bonds. The number of para-hydroxylation sites is 2. The van der Waals surface area contributed by atoms with Crippen molar-refractivity contribution in [3.63, 3.8) is 0 Å². The molecule has 4 atom stereocenters. The van der Waals surface area contributed by atoms with Gasteiger partial charge in [-0.15, -0.1) is 0 Å². The van der Waals surface area contributed by atoms with E-state index in [-0.39, 0.29) is 18.2 Å². The molecule has 0 spiro atoms. The quantitative estimate of drug-likeness (QED) is 0.135. The van der Waals surface area contributed by atoms with E-state index in [4.69, 9.17) is 5.73 Å². The number of benzene rings is 6. The number of nitrogen functional groups attached to an aromatic ring is 1. The van der Waals surface area contributed by atoms with Gasteiger partial charge in [0, 0.05) is 17.8 Å². The van der Waals surface area contributed by atoms with Crippen LogP contribution in [-0.2, 0) is 13.0 Å². The van der Waals surface area contributed by atoms with Gasteiger partial charge in [-0.1, -0.05) is 155 Å². The number of hydrogen-bond donors (Lipinski definition) is 1. The minimum atomic E-state index is 0.00634. The first-order valence-corrected chi connectivity index (χ1v) is 18.7. The van der Waals surface area contributed by atoms with Crippen molar-refractivity contribution in [2.24, 2.45) is 0 Å². The average molecular weight is 671 g/mol. The predicted molar refractivity (Wildman–Crippen MR) is 216 cm³/mol. The van der Waals surface area contributed by atoms with Gasteiger partial charge >= 0.3 is 0 Å². The Morgan fingerprint density at radius 3 is 2.27 bits per heavy atom. The second kappa shape index (κ2) is 15.0. The third-order valence-electron chi connectivity index (χ3n) is 10.4. The molecule has 6 aromatic rings. The van der Waals surface area contributed by atoms with Crippen molar-refractivity contribution >= 4 is 28.2 Å². The molecule has 1 saturated heterocycles. The molecule has 3 aliphatic rings. The van der Waals surface area contributed by atoms with E-state index in [1.54, 1.807) is 0 Å². The Morgan fingerprint density at radius 1 is 0.706 bits per heavy atom. The van der Waals surface area contributed by atoms with E-state index >= 15 is 0 Å². The van der Waals surface area contributed by atoms with Crippen molar-refractivity contribution in [2.75, 3.05) is 17.8 Å². The molecule has 0 saturated carbocycles. The summed E-state index contributed by atoms with van der Waals surface area (Å²) >= 11 is 0. The second-order valence-electron chi connectivity index (χ2n) is 13.3. The average Bonchev–Trinajstić information content (AvgIpc) is 3.83. The number of nitrogens with zero attached hydrogens (tertiary/aromatic N) is 3. The molecule has 2 heterocycles. The standard InChI is InChI=1S/C43H38N4.2C2H6/c1-45(28-29-21-22-30-11-2-4-13-32(30)25-29)41(37-17-6-8-19-39(37)44)34-15-10-16-36(27-34)43-46-40-20-9-7-18-38(40)42(47(43)46)35-24-23-31-12-3-5-14-33(31)26-35;2*1-2/h2-22,25-27,41-43H,23-24,28,44H2,1H3;2*1-2H3. The fourth-order valence-electron chi connectivity index (χ4n) is 8.15. The Morgan fingerprint density at radius 2 is 1.43 bits per heavy atom. The number of fused-ring (bicyclic) bond motifs is 5. The largest absolute Gasteiger partial charge is 0.398 e. The molecule has 1 aliphatic carbocycles. The van der Waals surface area contributed by atoms with Gasteiger partial charge in [-0.05, 0) is 87.8 Å². The monoisotopic (exact) mass is 670 g/mol. The molecule has 0 radical (unpaired) electrons. The fourth-order valence-corrected chi connectivity index (χ4v) is 8.15. The second-order valence-corrected chi connectivity index (χ2v) is 13.3. The number of hydrogen-bond acceptors (Lipinski definition) is 4. The lowest BCUT2D eigenvalue weighted by atomic mass is 9.85. The van der Waals surface area contributed by atoms with Crippen molar-refractivity contribution in [2.45, 2.75) is 65.3 Å². The van der Waals surface area contributed by atoms with Gasteiger partial charge in [0.2, 0.25) is 0 Å². The highest BCUT2D eigenvalue weighted by Gasteiger charge is 2.58. The maximum absolute atomic E-state index is 6.69. The van der Waals surface area contributed by atoms with Gasteiger partial charge in [0.25, 0.3) is 0 Å². The molecule has 2 N–H and O–H groups in total. The zero-order valence-electron chi connectivity index (χ0n) is 30.6. The van der Waals surface area contributed by atoms with E-state index in [1.807, 2.05) is 39.8 Å². The number of aryl methyl sites for hydroxylation is 1. The van der Waals surface area contributed by atoms with E-state index in [9.17, 15) is 0 Å². The molecule has 4 unspecified atom stereocenters. The lowest BCUT2D eigenvalue weighted by molar-refractivity contribution is 0.271. The Kier molecular flexibility index (Phi) is 10.1. The molecule has 258 valence electrons. The molecule has 0 aromatic heterocycles. The highest BCUT2D eigenvalue weighted by molar-refractivity contribution is 5.83. The van der Waals surface area contributed by atoms with Gasteiger partial charge in [0.1, 0.15) is 6.17 Å². The summed E-state index contributed by atoms with van der Waals surface area (Å²) in [5.41, 5.74) is 19.6. The molecule has 0 bridgehead atoms. The third kappa shape index (κ3) is 6.46. The van der Waals surface area contributed by atoms with Crippen LogP contribution in [0.3, 0.4) is 0 Å². The van der Waals surface area contributed by atoms with Gasteiger partial charge in [0.05, 0.1) is 17.8 Å². The van der Waals surface area contributed by atoms with Crippen LogP contribution in [0.4, 0.5) is 11.4 Å². The van der Waals surface area contributed by atoms with Crippen LogP contribution in [-0.4, -0.2) is 17.0 Å². The van der Waals surface area contributed by atoms with Crippen molar-refractivity contribution < 1.29 is 0 Å². The molecule has 4 heteroatoms. The minimum absolute atomic E-state index is 0.00634. The molecular weight excluding hydrogens is 621 g/mol. The molecule has 2 aliphatic heterocycles. The highest BCUT2D eigenvalue weighted by Crippen LogP contribution is 2.61. The number of rotatable bonds is 7. The summed E-state index contributed by atoms with van der Waals surface area (Å²) in [6.45, 7) is 8.81. The Balaban J connectivity index is 0.000000983. The molecule has 6 aromatic carbocycles. The SMILES string of the molecule is CC.CC.CN(Cc1ccc2ccccc2c1)C(c1cccc(C2N3c4ccccc4C(C4=Cc5ccccc5CC4)N23)c1)c1ccccc1N. The van der Waals surface area contributed by atoms with E-state index in [2.05, 4.69) is 155 Å². The van der Waals surface area contributed by atoms with Crippen molar-refractivity contribution in [1.82, 2.24) is 9.91 Å². The van der Waals surface area contributed by atoms with Crippen LogP contribution in [0.25, 0.3) is 16.8 Å². The van der Waals surface area contributed by atoms with Gasteiger partial charge < -0.3 is 5.73 Å². The number of hydrazine groups is 1. The zero-order valence-corrected chi connectivity index (χ0v) is 30.6. The summed E-state index contributed by atoms with van der Waals surface area (Å²) < 4.78 is 0. The third-order valence-corrected chi connectivity index (χ3v) is 10.4. The molecule has 51 heavy (non-hydrogen) atoms. The van der Waals surface area contributed by atoms with Gasteiger partial charge in [0.15, 0.2) is 0 Å². The summed E-state index contributed by atoms with van der Waals surface area (Å²) in [5.74, 6) is 0. The van der Waals surface area contributed by atoms with Crippen LogP contribution in [0.15, 0.2) is 145 Å². The van der Waals surface area contributed by atoms with Gasteiger partial charge in [-0.2, -0.15) is 5.01 Å². The van der Waals surface area contributed by atoms with Crippen molar-refractivity contribution in [3.05, 3.63) is 184 Å². The normalized spacial score (nSPS) is 18.7. The van der Waals surface area contributed by atoms with Crippen molar-refractivity contribution in [3.8, 4) is 0 Å². The van der Waals surface area contributed by atoms with Crippen LogP contribution < -0.4 is 10.7 Å². The van der Waals surface area contributed by atoms with Crippen LogP contribution in [0.2, 0.25) is 0 Å². The lowest BCUT2D eigenvalue weighted by Crippen LogP contribution is -2.26. The minimum Gasteiger partial charge on any atom is -0.398 e. The summed E-state index contributed by atoms with van der Waals surface area (Å²) in [6.07, 6.45) is 4.83. The van der Waals surface area contributed by atoms with Gasteiger partial charge in [-0.3, -0.25) is 9.91 Å². The van der Waals surface area contributed by atoms with E-state index in [1.165, 1.54) is 55.4 Å². The van der Waals surface area contributed by atoms with Gasteiger partial charge in [-0.25, -0.2) is 0 Å². The summed E-state index contributed by atoms with van der Waals surface area (Å²) in [4.78, 5) is 2.44. The van der Waals surface area contributed by atoms with Crippen LogP contribution in [0.1, 0.15) is 91.3 Å². The van der Waals surface area contributed by atoms with Crippen LogP contribution in [0.5, 0.6) is 0 Å². The van der Waals surface area contributed by atoms with E-state index in [0.29, 0.717) is 0 Å². The van der Waals surface area contributed by atoms with Crippen LogP contribution >= 0.6 is 0 Å². The van der Waals surface area contributed by atoms with Crippen molar-refractivity contribution in [1.29, 1.82) is 0 Å². The molecule has 4 nitrogen and oxygen atoms in total. The Labute approximate surface area is 304 Å². The number of nitrogens with two attached hydrogens (primary N) is 1. The topological polar surface area (TPSA) is 35.3 Å². The predicted octanol–water partition coefficient (Wildman–Crippen LogP) is 11.5. The van der Waals surface area contributed by atoms with E-state index in [0.717, 1.165) is 30.6 Å². The Bertz CT molecular complexity index is 2170. The first-order chi connectivity index (χ1) is 25.1. The van der Waals surface area contributed by atoms with E-state index < -0.39 is 0 Å². The first kappa shape index (κ1) is 34.3. The fraction of sp³-hybridized carbons (Fsp3) is 0.234. The lowest BCUT2D eigenvalue weighted by Gasteiger charge is -2.30. The Hall–Kier alpha value is -5.16. The first-order valence-electron chi connectivity index (χ1n) is 18.7. The molecule has 9 rings (SSSR count). The molecule has 1 fully saturated rings. The highest BCUT2D eigenvalue weighted by atomic mass is 15.9. The summed E-state index contributed by atoms with van der Waals surface area (Å²) in [5, 5.41) is 7.63. The zero-order chi connectivity index (χ0) is 35.5. The maximum Gasteiger partial charge on any atom is 0.141 e. The maximum atomic E-state index is 6.69. The smallest absolute Gasteiger partial charge is 0.141 e. The number of anilines is 2.